The Bertz CT molecular complexity index is 741. The van der Waals surface area contributed by atoms with Crippen molar-refractivity contribution in [3.05, 3.63) is 44.5 Å². The highest BCUT2D eigenvalue weighted by atomic mass is 16.3. The first-order valence-corrected chi connectivity index (χ1v) is 7.58. The van der Waals surface area contributed by atoms with Crippen molar-refractivity contribution in [1.29, 1.82) is 0 Å². The number of aromatic nitrogens is 2. The largest absolute Gasteiger partial charge is 0.388 e. The first kappa shape index (κ1) is 14.1. The molecule has 1 saturated carbocycles. The van der Waals surface area contributed by atoms with Crippen molar-refractivity contribution in [3.8, 4) is 0 Å². The average Bonchev–Trinajstić information content (AvgIpc) is 2.49. The third-order valence-corrected chi connectivity index (χ3v) is 4.41. The molecule has 1 heterocycles. The molecule has 1 atom stereocenters. The number of nitrogens with one attached hydrogen (secondary N) is 2. The second kappa shape index (κ2) is 5.85. The van der Waals surface area contributed by atoms with Crippen molar-refractivity contribution in [2.75, 3.05) is 0 Å². The molecule has 1 aromatic heterocycles. The molecule has 5 heteroatoms. The summed E-state index contributed by atoms with van der Waals surface area (Å²) >= 11 is 0. The highest BCUT2D eigenvalue weighted by Crippen LogP contribution is 2.32. The van der Waals surface area contributed by atoms with Gasteiger partial charge in [-0.25, -0.2) is 0 Å². The minimum Gasteiger partial charge on any atom is -0.388 e. The SMILES string of the molecule is O=c1[nH]c2ccc(C(O)CC3CCCCC3)cc2[nH]c1=O. The van der Waals surface area contributed by atoms with E-state index in [1.54, 1.807) is 12.1 Å². The van der Waals surface area contributed by atoms with Gasteiger partial charge in [-0.05, 0) is 30.0 Å². The summed E-state index contributed by atoms with van der Waals surface area (Å²) in [7, 11) is 0. The van der Waals surface area contributed by atoms with Gasteiger partial charge in [0.15, 0.2) is 0 Å². The van der Waals surface area contributed by atoms with Gasteiger partial charge in [-0.2, -0.15) is 0 Å². The molecule has 1 aromatic carbocycles. The van der Waals surface area contributed by atoms with Gasteiger partial charge < -0.3 is 15.1 Å². The lowest BCUT2D eigenvalue weighted by atomic mass is 9.84. The molecule has 1 aliphatic rings. The molecule has 0 saturated heterocycles. The molecule has 0 spiro atoms. The van der Waals surface area contributed by atoms with Gasteiger partial charge in [0.25, 0.3) is 0 Å². The Balaban J connectivity index is 1.84. The van der Waals surface area contributed by atoms with E-state index in [1.807, 2.05) is 6.07 Å². The van der Waals surface area contributed by atoms with Crippen LogP contribution in [0, 0.1) is 5.92 Å². The van der Waals surface area contributed by atoms with Crippen LogP contribution in [0.1, 0.15) is 50.2 Å². The molecular weight excluding hydrogens is 268 g/mol. The highest BCUT2D eigenvalue weighted by Gasteiger charge is 2.18. The number of hydrogen-bond donors (Lipinski definition) is 3. The predicted octanol–water partition coefficient (Wildman–Crippen LogP) is 2.22. The van der Waals surface area contributed by atoms with Crippen LogP contribution in [0.5, 0.6) is 0 Å². The summed E-state index contributed by atoms with van der Waals surface area (Å²) in [6.45, 7) is 0. The number of fused-ring (bicyclic) bond motifs is 1. The standard InChI is InChI=1S/C16H20N2O3/c19-14(8-10-4-2-1-3-5-10)11-6-7-12-13(9-11)18-16(21)15(20)17-12/h6-7,9-10,14,19H,1-5,8H2,(H,17,20)(H,18,21). The first-order chi connectivity index (χ1) is 10.1. The van der Waals surface area contributed by atoms with E-state index in [1.165, 1.54) is 32.1 Å². The second-order valence-electron chi connectivity index (χ2n) is 5.97. The number of rotatable bonds is 3. The van der Waals surface area contributed by atoms with E-state index in [0.29, 0.717) is 17.0 Å². The van der Waals surface area contributed by atoms with E-state index >= 15 is 0 Å². The van der Waals surface area contributed by atoms with Gasteiger partial charge in [-0.3, -0.25) is 9.59 Å². The lowest BCUT2D eigenvalue weighted by Crippen LogP contribution is -2.28. The van der Waals surface area contributed by atoms with Crippen molar-refractivity contribution in [1.82, 2.24) is 9.97 Å². The van der Waals surface area contributed by atoms with Crippen LogP contribution in [0.3, 0.4) is 0 Å². The zero-order valence-corrected chi connectivity index (χ0v) is 11.9. The van der Waals surface area contributed by atoms with E-state index < -0.39 is 17.2 Å². The van der Waals surface area contributed by atoms with Gasteiger partial charge in [0.1, 0.15) is 0 Å². The van der Waals surface area contributed by atoms with E-state index in [-0.39, 0.29) is 0 Å². The summed E-state index contributed by atoms with van der Waals surface area (Å²) < 4.78 is 0. The Kier molecular flexibility index (Phi) is 3.92. The Labute approximate surface area is 122 Å². The molecule has 3 N–H and O–H groups in total. The van der Waals surface area contributed by atoms with Gasteiger partial charge in [-0.15, -0.1) is 0 Å². The number of hydrogen-bond acceptors (Lipinski definition) is 3. The Morgan fingerprint density at radius 1 is 1.05 bits per heavy atom. The summed E-state index contributed by atoms with van der Waals surface area (Å²) in [6.07, 6.45) is 6.43. The van der Waals surface area contributed by atoms with Gasteiger partial charge >= 0.3 is 11.1 Å². The smallest absolute Gasteiger partial charge is 0.314 e. The van der Waals surface area contributed by atoms with E-state index in [9.17, 15) is 14.7 Å². The molecule has 5 nitrogen and oxygen atoms in total. The lowest BCUT2D eigenvalue weighted by molar-refractivity contribution is 0.131. The fourth-order valence-corrected chi connectivity index (χ4v) is 3.21. The predicted molar refractivity (Wildman–Crippen MR) is 81.3 cm³/mol. The molecular formula is C16H20N2O3. The number of aliphatic hydroxyl groups excluding tert-OH is 1. The second-order valence-corrected chi connectivity index (χ2v) is 5.97. The van der Waals surface area contributed by atoms with Crippen LogP contribution in [0.2, 0.25) is 0 Å². The average molecular weight is 288 g/mol. The van der Waals surface area contributed by atoms with Crippen LogP contribution in [0.25, 0.3) is 11.0 Å². The summed E-state index contributed by atoms with van der Waals surface area (Å²) in [6, 6.07) is 5.29. The molecule has 0 radical (unpaired) electrons. The molecule has 3 rings (SSSR count). The Morgan fingerprint density at radius 2 is 1.71 bits per heavy atom. The van der Waals surface area contributed by atoms with Gasteiger partial charge in [0.05, 0.1) is 17.1 Å². The zero-order chi connectivity index (χ0) is 14.8. The Hall–Kier alpha value is -1.88. The monoisotopic (exact) mass is 288 g/mol. The number of aliphatic hydroxyl groups is 1. The summed E-state index contributed by atoms with van der Waals surface area (Å²) in [4.78, 5) is 27.7. The molecule has 1 fully saturated rings. The van der Waals surface area contributed by atoms with Crippen LogP contribution in [-0.2, 0) is 0 Å². The molecule has 0 amide bonds. The van der Waals surface area contributed by atoms with Crippen molar-refractivity contribution in [2.45, 2.75) is 44.6 Å². The molecule has 2 aromatic rings. The maximum Gasteiger partial charge on any atom is 0.314 e. The van der Waals surface area contributed by atoms with Gasteiger partial charge in [0.2, 0.25) is 0 Å². The summed E-state index contributed by atoms with van der Waals surface area (Å²) in [5.74, 6) is 0.582. The normalized spacial score (nSPS) is 18.0. The molecule has 112 valence electrons. The molecule has 0 aliphatic heterocycles. The van der Waals surface area contributed by atoms with Crippen molar-refractivity contribution in [3.63, 3.8) is 0 Å². The molecule has 21 heavy (non-hydrogen) atoms. The van der Waals surface area contributed by atoms with Crippen LogP contribution in [-0.4, -0.2) is 15.1 Å². The fourth-order valence-electron chi connectivity index (χ4n) is 3.21. The zero-order valence-electron chi connectivity index (χ0n) is 11.9. The minimum absolute atomic E-state index is 0.520. The van der Waals surface area contributed by atoms with Gasteiger partial charge in [-0.1, -0.05) is 38.2 Å². The van der Waals surface area contributed by atoms with E-state index in [4.69, 9.17) is 0 Å². The van der Waals surface area contributed by atoms with Crippen LogP contribution in [0.4, 0.5) is 0 Å². The van der Waals surface area contributed by atoms with Crippen LogP contribution in [0.15, 0.2) is 27.8 Å². The molecule has 1 aliphatic carbocycles. The van der Waals surface area contributed by atoms with Crippen LogP contribution >= 0.6 is 0 Å². The third-order valence-electron chi connectivity index (χ3n) is 4.41. The maximum absolute atomic E-state index is 11.4. The number of H-pyrrole nitrogens is 2. The summed E-state index contributed by atoms with van der Waals surface area (Å²) in [5, 5.41) is 10.4. The minimum atomic E-state index is -0.665. The number of benzene rings is 1. The Morgan fingerprint density at radius 3 is 2.43 bits per heavy atom. The third kappa shape index (κ3) is 3.08. The van der Waals surface area contributed by atoms with Crippen molar-refractivity contribution in [2.24, 2.45) is 5.92 Å². The maximum atomic E-state index is 11.4. The lowest BCUT2D eigenvalue weighted by Gasteiger charge is -2.24. The summed E-state index contributed by atoms with van der Waals surface area (Å²) in [5.41, 5.74) is 0.600. The van der Waals surface area contributed by atoms with Crippen molar-refractivity contribution >= 4 is 11.0 Å². The van der Waals surface area contributed by atoms with Crippen molar-refractivity contribution < 1.29 is 5.11 Å². The van der Waals surface area contributed by atoms with E-state index in [0.717, 1.165) is 12.0 Å². The fraction of sp³-hybridized carbons (Fsp3) is 0.500. The molecule has 0 bridgehead atoms. The van der Waals surface area contributed by atoms with Crippen LogP contribution < -0.4 is 11.1 Å². The number of aromatic amines is 2. The quantitative estimate of drug-likeness (QED) is 0.757. The first-order valence-electron chi connectivity index (χ1n) is 7.58. The molecule has 1 unspecified atom stereocenters. The van der Waals surface area contributed by atoms with E-state index in [2.05, 4.69) is 9.97 Å². The highest BCUT2D eigenvalue weighted by molar-refractivity contribution is 5.74. The van der Waals surface area contributed by atoms with Gasteiger partial charge in [0, 0.05) is 0 Å². The topological polar surface area (TPSA) is 85.9 Å².